The highest BCUT2D eigenvalue weighted by atomic mass is 16.5. The average molecular weight is 435 g/mol. The van der Waals surface area contributed by atoms with E-state index in [4.69, 9.17) is 4.74 Å². The van der Waals surface area contributed by atoms with Gasteiger partial charge in [0.25, 0.3) is 0 Å². The molecular formula is C26H30N2O4. The third-order valence-corrected chi connectivity index (χ3v) is 5.57. The Kier molecular flexibility index (Phi) is 8.25. The molecule has 0 fully saturated rings. The monoisotopic (exact) mass is 434 g/mol. The number of aliphatic hydroxyl groups excluding tert-OH is 1. The number of phenols is 1. The number of benzene rings is 3. The summed E-state index contributed by atoms with van der Waals surface area (Å²) < 4.78 is 5.25. The van der Waals surface area contributed by atoms with Gasteiger partial charge in [0.05, 0.1) is 18.9 Å². The molecule has 3 N–H and O–H groups in total. The summed E-state index contributed by atoms with van der Waals surface area (Å²) in [5.41, 5.74) is 3.25. The van der Waals surface area contributed by atoms with Crippen LogP contribution in [0.5, 0.6) is 11.5 Å². The van der Waals surface area contributed by atoms with E-state index in [1.54, 1.807) is 19.2 Å². The minimum atomic E-state index is -0.787. The molecule has 0 unspecified atom stereocenters. The van der Waals surface area contributed by atoms with E-state index in [-0.39, 0.29) is 17.5 Å². The van der Waals surface area contributed by atoms with Gasteiger partial charge in [-0.15, -0.1) is 0 Å². The smallest absolute Gasteiger partial charge is 0.211 e. The number of nitrogens with zero attached hydrogens (tertiary/aromatic N) is 1. The van der Waals surface area contributed by atoms with Gasteiger partial charge in [0.15, 0.2) is 0 Å². The molecule has 2 atom stereocenters. The number of carbonyl (C=O) groups excluding carboxylic acids is 1. The van der Waals surface area contributed by atoms with Crippen LogP contribution in [0.25, 0.3) is 0 Å². The Balaban J connectivity index is 1.78. The molecule has 168 valence electrons. The van der Waals surface area contributed by atoms with Crippen molar-refractivity contribution in [1.82, 2.24) is 4.90 Å². The number of ether oxygens (including phenoxy) is 1. The van der Waals surface area contributed by atoms with Gasteiger partial charge in [-0.25, -0.2) is 0 Å². The molecule has 6 heteroatoms. The molecule has 3 aromatic rings. The summed E-state index contributed by atoms with van der Waals surface area (Å²) in [4.78, 5) is 13.0. The molecule has 0 radical (unpaired) electrons. The minimum absolute atomic E-state index is 0.0398. The number of hydrogen-bond acceptors (Lipinski definition) is 5. The number of amides is 1. The van der Waals surface area contributed by atoms with E-state index in [0.717, 1.165) is 17.7 Å². The Hall–Kier alpha value is -3.35. The first-order chi connectivity index (χ1) is 15.5. The highest BCUT2D eigenvalue weighted by Gasteiger charge is 2.20. The second kappa shape index (κ2) is 11.3. The molecule has 0 bridgehead atoms. The maximum atomic E-state index is 11.0. The topological polar surface area (TPSA) is 82.0 Å². The van der Waals surface area contributed by atoms with Crippen LogP contribution in [-0.2, 0) is 17.8 Å². The molecule has 0 heterocycles. The number of aromatic hydroxyl groups is 1. The second-order valence-electron chi connectivity index (χ2n) is 7.87. The number of methoxy groups -OCH3 is 1. The third kappa shape index (κ3) is 6.33. The molecule has 0 aliphatic heterocycles. The Morgan fingerprint density at radius 3 is 2.41 bits per heavy atom. The Morgan fingerprint density at radius 1 is 1.03 bits per heavy atom. The molecule has 0 aliphatic carbocycles. The highest BCUT2D eigenvalue weighted by Crippen LogP contribution is 2.28. The van der Waals surface area contributed by atoms with Gasteiger partial charge in [-0.3, -0.25) is 9.69 Å². The summed E-state index contributed by atoms with van der Waals surface area (Å²) in [7, 11) is 1.65. The Labute approximate surface area is 189 Å². The number of anilines is 1. The van der Waals surface area contributed by atoms with E-state index in [1.165, 1.54) is 11.6 Å². The van der Waals surface area contributed by atoms with Gasteiger partial charge >= 0.3 is 0 Å². The molecule has 0 spiro atoms. The summed E-state index contributed by atoms with van der Waals surface area (Å²) in [6.45, 7) is 3.24. The number of phenolic OH excluding ortho intramolecular Hbond substituents is 1. The van der Waals surface area contributed by atoms with Crippen molar-refractivity contribution >= 4 is 12.1 Å². The number of aliphatic hydroxyl groups is 1. The van der Waals surface area contributed by atoms with Crippen LogP contribution >= 0.6 is 0 Å². The standard InChI is InChI=1S/C26H30N2O4/c1-19(14-20-8-11-23(32-2)12-9-20)28(16-21-6-4-3-5-7-21)17-26(31)22-10-13-25(30)24(15-22)27-18-29/h3-13,15,18-19,26,30-31H,14,16-17H2,1-2H3,(H,27,29)/t19-,26+/m0/s1. The van der Waals surface area contributed by atoms with Gasteiger partial charge in [-0.1, -0.05) is 48.5 Å². The summed E-state index contributed by atoms with van der Waals surface area (Å²) in [5, 5.41) is 23.3. The zero-order valence-corrected chi connectivity index (χ0v) is 18.4. The molecule has 3 rings (SSSR count). The van der Waals surface area contributed by atoms with Gasteiger partial charge in [0.2, 0.25) is 6.41 Å². The first kappa shape index (κ1) is 23.3. The summed E-state index contributed by atoms with van der Waals surface area (Å²) in [6, 6.07) is 23.1. The van der Waals surface area contributed by atoms with E-state index in [9.17, 15) is 15.0 Å². The summed E-state index contributed by atoms with van der Waals surface area (Å²) in [5.74, 6) is 0.784. The van der Waals surface area contributed by atoms with E-state index in [0.29, 0.717) is 25.1 Å². The second-order valence-corrected chi connectivity index (χ2v) is 7.87. The fraction of sp³-hybridized carbons (Fsp3) is 0.269. The lowest BCUT2D eigenvalue weighted by Crippen LogP contribution is -2.37. The van der Waals surface area contributed by atoms with Crippen molar-refractivity contribution in [2.75, 3.05) is 19.0 Å². The maximum absolute atomic E-state index is 11.0. The summed E-state index contributed by atoms with van der Waals surface area (Å²) >= 11 is 0. The number of carbonyl (C=O) groups is 1. The van der Waals surface area contributed by atoms with Crippen LogP contribution in [0.2, 0.25) is 0 Å². The fourth-order valence-corrected chi connectivity index (χ4v) is 3.72. The van der Waals surface area contributed by atoms with Crippen molar-refractivity contribution in [3.63, 3.8) is 0 Å². The van der Waals surface area contributed by atoms with Crippen LogP contribution < -0.4 is 10.1 Å². The Morgan fingerprint density at radius 2 is 1.75 bits per heavy atom. The molecule has 0 saturated heterocycles. The lowest BCUT2D eigenvalue weighted by Gasteiger charge is -2.31. The lowest BCUT2D eigenvalue weighted by atomic mass is 10.0. The molecule has 3 aromatic carbocycles. The SMILES string of the molecule is COc1ccc(C[C@H](C)N(Cc2ccccc2)C[C@@H](O)c2ccc(O)c(NC=O)c2)cc1. The molecule has 32 heavy (non-hydrogen) atoms. The van der Waals surface area contributed by atoms with Crippen molar-refractivity contribution in [3.8, 4) is 11.5 Å². The van der Waals surface area contributed by atoms with E-state index < -0.39 is 6.10 Å². The molecular weight excluding hydrogens is 404 g/mol. The van der Waals surface area contributed by atoms with Crippen LogP contribution in [0.1, 0.15) is 29.7 Å². The molecule has 1 amide bonds. The first-order valence-corrected chi connectivity index (χ1v) is 10.6. The van der Waals surface area contributed by atoms with Crippen molar-refractivity contribution < 1.29 is 19.7 Å². The average Bonchev–Trinajstić information content (AvgIpc) is 2.81. The highest BCUT2D eigenvalue weighted by molar-refractivity contribution is 5.75. The lowest BCUT2D eigenvalue weighted by molar-refractivity contribution is -0.105. The minimum Gasteiger partial charge on any atom is -0.506 e. The van der Waals surface area contributed by atoms with Gasteiger partial charge in [-0.05, 0) is 54.3 Å². The zero-order chi connectivity index (χ0) is 22.9. The molecule has 6 nitrogen and oxygen atoms in total. The summed E-state index contributed by atoms with van der Waals surface area (Å²) in [6.07, 6.45) is 0.533. The van der Waals surface area contributed by atoms with Crippen molar-refractivity contribution in [2.45, 2.75) is 32.0 Å². The van der Waals surface area contributed by atoms with Crippen molar-refractivity contribution in [1.29, 1.82) is 0 Å². The van der Waals surface area contributed by atoms with Crippen molar-refractivity contribution in [3.05, 3.63) is 89.5 Å². The van der Waals surface area contributed by atoms with Crippen LogP contribution in [0, 0.1) is 0 Å². The third-order valence-electron chi connectivity index (χ3n) is 5.57. The van der Waals surface area contributed by atoms with Crippen molar-refractivity contribution in [2.24, 2.45) is 0 Å². The van der Waals surface area contributed by atoms with E-state index in [2.05, 4.69) is 41.4 Å². The zero-order valence-electron chi connectivity index (χ0n) is 18.4. The molecule has 0 saturated carbocycles. The van der Waals surface area contributed by atoms with Gasteiger partial charge < -0.3 is 20.3 Å². The largest absolute Gasteiger partial charge is 0.506 e. The molecule has 0 aliphatic rings. The van der Waals surface area contributed by atoms with Crippen LogP contribution in [-0.4, -0.2) is 41.2 Å². The number of hydrogen-bond donors (Lipinski definition) is 3. The maximum Gasteiger partial charge on any atom is 0.211 e. The van der Waals surface area contributed by atoms with E-state index >= 15 is 0 Å². The van der Waals surface area contributed by atoms with E-state index in [1.807, 2.05) is 30.3 Å². The fourth-order valence-electron chi connectivity index (χ4n) is 3.72. The first-order valence-electron chi connectivity index (χ1n) is 10.6. The Bertz CT molecular complexity index is 992. The molecule has 0 aromatic heterocycles. The number of nitrogens with one attached hydrogen (secondary N) is 1. The quantitative estimate of drug-likeness (QED) is 0.312. The van der Waals surface area contributed by atoms with Crippen LogP contribution in [0.15, 0.2) is 72.8 Å². The predicted octanol–water partition coefficient (Wildman–Crippen LogP) is 4.14. The van der Waals surface area contributed by atoms with Gasteiger partial charge in [0.1, 0.15) is 11.5 Å². The predicted molar refractivity (Wildman–Crippen MR) is 126 cm³/mol. The van der Waals surface area contributed by atoms with Crippen LogP contribution in [0.3, 0.4) is 0 Å². The van der Waals surface area contributed by atoms with Crippen LogP contribution in [0.4, 0.5) is 5.69 Å². The number of rotatable bonds is 11. The van der Waals surface area contributed by atoms with Gasteiger partial charge in [0, 0.05) is 19.1 Å². The normalized spacial score (nSPS) is 12.9. The van der Waals surface area contributed by atoms with Gasteiger partial charge in [-0.2, -0.15) is 0 Å².